The van der Waals surface area contributed by atoms with Crippen molar-refractivity contribution >= 4 is 17.1 Å². The molecule has 0 aliphatic heterocycles. The molecule has 0 atom stereocenters. The second kappa shape index (κ2) is 3.74. The molecule has 0 spiro atoms. The zero-order chi connectivity index (χ0) is 9.42. The van der Waals surface area contributed by atoms with Crippen molar-refractivity contribution in [1.82, 2.24) is 4.98 Å². The SMILES string of the molecule is O=C(O)c1cccc2oc(=O)[nH]c12.[H-].[Li+]. The fraction of sp³-hybridized carbons (Fsp3) is 0. The molecule has 0 unspecified atom stereocenters. The Morgan fingerprint density at radius 2 is 2.21 bits per heavy atom. The number of para-hydroxylation sites is 1. The van der Waals surface area contributed by atoms with Crippen molar-refractivity contribution in [2.45, 2.75) is 0 Å². The summed E-state index contributed by atoms with van der Waals surface area (Å²) in [5.41, 5.74) is 0.508. The molecule has 6 heteroatoms. The number of nitrogens with one attached hydrogen (secondary N) is 1. The Morgan fingerprint density at radius 1 is 1.50 bits per heavy atom. The van der Waals surface area contributed by atoms with Crippen LogP contribution in [0, 0.1) is 0 Å². The van der Waals surface area contributed by atoms with Gasteiger partial charge in [0.05, 0.1) is 5.56 Å². The van der Waals surface area contributed by atoms with Crippen molar-refractivity contribution in [2.75, 3.05) is 0 Å². The maximum Gasteiger partial charge on any atom is 1.00 e. The predicted octanol–water partition coefficient (Wildman–Crippen LogP) is -2.06. The van der Waals surface area contributed by atoms with Gasteiger partial charge in [0.15, 0.2) is 5.58 Å². The number of carbonyl (C=O) groups is 1. The van der Waals surface area contributed by atoms with Gasteiger partial charge in [0, 0.05) is 0 Å². The average molecular weight is 187 g/mol. The van der Waals surface area contributed by atoms with Crippen LogP contribution in [-0.2, 0) is 0 Å². The number of carboxylic acid groups (broad SMARTS) is 1. The number of aromatic carboxylic acids is 1. The minimum Gasteiger partial charge on any atom is -1.00 e. The van der Waals surface area contributed by atoms with E-state index < -0.39 is 11.7 Å². The number of oxazole rings is 1. The van der Waals surface area contributed by atoms with Crippen molar-refractivity contribution in [1.29, 1.82) is 0 Å². The number of aromatic amines is 1. The second-order valence-electron chi connectivity index (χ2n) is 2.50. The number of aromatic nitrogens is 1. The van der Waals surface area contributed by atoms with E-state index in [9.17, 15) is 9.59 Å². The van der Waals surface area contributed by atoms with E-state index in [1.54, 1.807) is 0 Å². The second-order valence-corrected chi connectivity index (χ2v) is 2.50. The Balaban J connectivity index is 0.000000980. The molecular weight excluding hydrogens is 181 g/mol. The molecule has 2 aromatic rings. The zero-order valence-corrected chi connectivity index (χ0v) is 7.40. The number of hydrogen-bond donors (Lipinski definition) is 2. The Kier molecular flexibility index (Phi) is 2.84. The molecule has 1 aromatic heterocycles. The van der Waals surface area contributed by atoms with Crippen LogP contribution < -0.4 is 24.6 Å². The van der Waals surface area contributed by atoms with Crippen LogP contribution in [-0.4, -0.2) is 16.1 Å². The van der Waals surface area contributed by atoms with Gasteiger partial charge in [-0.3, -0.25) is 4.98 Å². The van der Waals surface area contributed by atoms with Crippen LogP contribution in [0.4, 0.5) is 0 Å². The Labute approximate surface area is 91.4 Å². The number of fused-ring (bicyclic) bond motifs is 1. The number of H-pyrrole nitrogens is 1. The first-order valence-corrected chi connectivity index (χ1v) is 3.53. The smallest absolute Gasteiger partial charge is 1.00 e. The van der Waals surface area contributed by atoms with Crippen LogP contribution in [0.1, 0.15) is 11.8 Å². The van der Waals surface area contributed by atoms with E-state index in [1.165, 1.54) is 18.2 Å². The standard InChI is InChI=1S/C8H5NO4.Li.H/c10-7(11)4-2-1-3-5-6(4)9-8(12)13-5;;/h1-3H,(H,9,12)(H,10,11);;/q;+1;-1. The van der Waals surface area contributed by atoms with Crippen LogP contribution >= 0.6 is 0 Å². The summed E-state index contributed by atoms with van der Waals surface area (Å²) >= 11 is 0. The van der Waals surface area contributed by atoms with Gasteiger partial charge in [-0.25, -0.2) is 9.59 Å². The minimum absolute atomic E-state index is 0. The first kappa shape index (κ1) is 10.6. The largest absolute Gasteiger partial charge is 1.00 e. The van der Waals surface area contributed by atoms with Gasteiger partial charge in [0.25, 0.3) is 0 Å². The van der Waals surface area contributed by atoms with E-state index in [1.807, 2.05) is 0 Å². The Hall–Kier alpha value is -1.44. The van der Waals surface area contributed by atoms with E-state index in [-0.39, 0.29) is 37.0 Å². The monoisotopic (exact) mass is 187 g/mol. The van der Waals surface area contributed by atoms with Crippen molar-refractivity contribution < 1.29 is 34.6 Å². The number of carboxylic acids is 1. The van der Waals surface area contributed by atoms with Gasteiger partial charge in [0.1, 0.15) is 5.52 Å². The third-order valence-corrected chi connectivity index (χ3v) is 1.69. The van der Waals surface area contributed by atoms with Crippen LogP contribution in [0.15, 0.2) is 27.4 Å². The van der Waals surface area contributed by atoms with E-state index in [4.69, 9.17) is 5.11 Å². The van der Waals surface area contributed by atoms with E-state index in [0.717, 1.165) is 0 Å². The molecule has 1 aromatic carbocycles. The first-order valence-electron chi connectivity index (χ1n) is 3.53. The molecular formula is C8H6LiNO4. The van der Waals surface area contributed by atoms with Gasteiger partial charge in [0.2, 0.25) is 0 Å². The van der Waals surface area contributed by atoms with Crippen molar-refractivity contribution in [2.24, 2.45) is 0 Å². The van der Waals surface area contributed by atoms with Crippen LogP contribution in [0.3, 0.4) is 0 Å². The van der Waals surface area contributed by atoms with Gasteiger partial charge >= 0.3 is 30.6 Å². The van der Waals surface area contributed by atoms with E-state index in [0.29, 0.717) is 0 Å². The summed E-state index contributed by atoms with van der Waals surface area (Å²) in [7, 11) is 0. The van der Waals surface area contributed by atoms with Gasteiger partial charge in [-0.05, 0) is 12.1 Å². The van der Waals surface area contributed by atoms with Crippen molar-refractivity contribution in [3.63, 3.8) is 0 Å². The minimum atomic E-state index is -1.09. The molecule has 0 saturated heterocycles. The van der Waals surface area contributed by atoms with Crippen molar-refractivity contribution in [3.8, 4) is 0 Å². The number of hydrogen-bond acceptors (Lipinski definition) is 3. The topological polar surface area (TPSA) is 83.3 Å². The Bertz CT molecular complexity index is 533. The Morgan fingerprint density at radius 3 is 2.86 bits per heavy atom. The molecule has 0 saturated carbocycles. The van der Waals surface area contributed by atoms with Gasteiger partial charge < -0.3 is 11.0 Å². The van der Waals surface area contributed by atoms with Gasteiger partial charge in [-0.15, -0.1) is 0 Å². The van der Waals surface area contributed by atoms with E-state index >= 15 is 0 Å². The quantitative estimate of drug-likeness (QED) is 0.502. The molecule has 0 bridgehead atoms. The molecule has 0 amide bonds. The summed E-state index contributed by atoms with van der Waals surface area (Å²) in [6.45, 7) is 0. The molecule has 0 radical (unpaired) electrons. The summed E-state index contributed by atoms with van der Waals surface area (Å²) < 4.78 is 4.68. The van der Waals surface area contributed by atoms with Gasteiger partial charge in [-0.1, -0.05) is 6.07 Å². The van der Waals surface area contributed by atoms with Crippen LogP contribution in [0.25, 0.3) is 11.1 Å². The fourth-order valence-electron chi connectivity index (χ4n) is 1.15. The van der Waals surface area contributed by atoms with Crippen LogP contribution in [0.2, 0.25) is 0 Å². The maximum absolute atomic E-state index is 10.7. The molecule has 2 N–H and O–H groups in total. The summed E-state index contributed by atoms with van der Waals surface area (Å²) in [6.07, 6.45) is 0. The summed E-state index contributed by atoms with van der Waals surface area (Å²) in [6, 6.07) is 4.44. The summed E-state index contributed by atoms with van der Waals surface area (Å²) in [5, 5.41) is 8.73. The third-order valence-electron chi connectivity index (χ3n) is 1.69. The third kappa shape index (κ3) is 1.60. The van der Waals surface area contributed by atoms with Crippen LogP contribution in [0.5, 0.6) is 0 Å². The summed E-state index contributed by atoms with van der Waals surface area (Å²) in [4.78, 5) is 23.7. The molecule has 0 aliphatic rings. The fourth-order valence-corrected chi connectivity index (χ4v) is 1.15. The molecule has 14 heavy (non-hydrogen) atoms. The molecule has 0 fully saturated rings. The summed E-state index contributed by atoms with van der Waals surface area (Å²) in [5.74, 6) is -1.74. The maximum atomic E-state index is 10.7. The molecule has 2 rings (SSSR count). The number of rotatable bonds is 1. The average Bonchev–Trinajstić information content (AvgIpc) is 2.43. The zero-order valence-electron chi connectivity index (χ0n) is 8.40. The normalized spacial score (nSPS) is 9.71. The number of benzene rings is 1. The first-order chi connectivity index (χ1) is 6.18. The molecule has 68 valence electrons. The van der Waals surface area contributed by atoms with Gasteiger partial charge in [-0.2, -0.15) is 0 Å². The molecule has 1 heterocycles. The predicted molar refractivity (Wildman–Crippen MR) is 44.9 cm³/mol. The van der Waals surface area contributed by atoms with Crippen molar-refractivity contribution in [3.05, 3.63) is 34.3 Å². The van der Waals surface area contributed by atoms with E-state index in [2.05, 4.69) is 9.40 Å². The molecule has 5 nitrogen and oxygen atoms in total. The molecule has 0 aliphatic carbocycles.